The number of benzene rings is 2. The number of halogens is 2. The lowest BCUT2D eigenvalue weighted by atomic mass is 9.90. The molecule has 0 amide bonds. The Bertz CT molecular complexity index is 768. The molecule has 0 saturated carbocycles. The topological polar surface area (TPSA) is 26.3 Å². The Morgan fingerprint density at radius 3 is 2.61 bits per heavy atom. The van der Waals surface area contributed by atoms with E-state index >= 15 is 0 Å². The lowest BCUT2D eigenvalue weighted by Gasteiger charge is -2.24. The standard InChI is InChI=1S/C19H18F2O2/c1-3-4-13-10-12-6-8-15(17(21)18(12)23-19(13)22)14-7-5-11(2)9-16(14)20/h5-9,13H,3-4,10H2,1-2H3. The van der Waals surface area contributed by atoms with Crippen molar-refractivity contribution < 1.29 is 18.3 Å². The van der Waals surface area contributed by atoms with Crippen LogP contribution in [0.4, 0.5) is 8.78 Å². The van der Waals surface area contributed by atoms with Crippen LogP contribution in [0.25, 0.3) is 11.1 Å². The van der Waals surface area contributed by atoms with Crippen molar-refractivity contribution in [1.82, 2.24) is 0 Å². The van der Waals surface area contributed by atoms with E-state index in [1.807, 2.05) is 6.92 Å². The summed E-state index contributed by atoms with van der Waals surface area (Å²) in [5, 5.41) is 0. The van der Waals surface area contributed by atoms with Gasteiger partial charge in [-0.05, 0) is 37.0 Å². The first-order valence-electron chi connectivity index (χ1n) is 7.80. The van der Waals surface area contributed by atoms with Gasteiger partial charge >= 0.3 is 5.97 Å². The Morgan fingerprint density at radius 2 is 1.91 bits per heavy atom. The molecule has 0 aromatic heterocycles. The molecule has 4 heteroatoms. The molecule has 2 aromatic rings. The van der Waals surface area contributed by atoms with Crippen LogP contribution in [0.3, 0.4) is 0 Å². The molecule has 2 nitrogen and oxygen atoms in total. The maximum atomic E-state index is 14.8. The number of fused-ring (bicyclic) bond motifs is 1. The number of esters is 1. The first-order chi connectivity index (χ1) is 11.0. The average Bonchev–Trinajstić information content (AvgIpc) is 2.50. The van der Waals surface area contributed by atoms with Crippen molar-refractivity contribution in [2.45, 2.75) is 33.1 Å². The van der Waals surface area contributed by atoms with Crippen molar-refractivity contribution >= 4 is 5.97 Å². The fourth-order valence-electron chi connectivity index (χ4n) is 3.01. The molecular formula is C19H18F2O2. The lowest BCUT2D eigenvalue weighted by Crippen LogP contribution is -2.28. The van der Waals surface area contributed by atoms with Crippen molar-refractivity contribution in [1.29, 1.82) is 0 Å². The monoisotopic (exact) mass is 316 g/mol. The van der Waals surface area contributed by atoms with Gasteiger partial charge in [-0.15, -0.1) is 0 Å². The van der Waals surface area contributed by atoms with E-state index < -0.39 is 17.6 Å². The number of hydrogen-bond acceptors (Lipinski definition) is 2. The second-order valence-corrected chi connectivity index (χ2v) is 6.01. The largest absolute Gasteiger partial charge is 0.423 e. The number of carbonyl (C=O) groups excluding carboxylic acids is 1. The van der Waals surface area contributed by atoms with Crippen LogP contribution in [0.2, 0.25) is 0 Å². The van der Waals surface area contributed by atoms with Crippen LogP contribution < -0.4 is 4.74 Å². The van der Waals surface area contributed by atoms with Gasteiger partial charge in [0.25, 0.3) is 0 Å². The van der Waals surface area contributed by atoms with Crippen LogP contribution in [-0.2, 0) is 11.2 Å². The molecule has 1 atom stereocenters. The third-order valence-corrected chi connectivity index (χ3v) is 4.23. The van der Waals surface area contributed by atoms with Crippen LogP contribution in [-0.4, -0.2) is 5.97 Å². The summed E-state index contributed by atoms with van der Waals surface area (Å²) >= 11 is 0. The van der Waals surface area contributed by atoms with Crippen LogP contribution in [0.5, 0.6) is 5.75 Å². The molecule has 2 aromatic carbocycles. The minimum Gasteiger partial charge on any atom is -0.423 e. The third-order valence-electron chi connectivity index (χ3n) is 4.23. The molecule has 1 heterocycles. The number of carbonyl (C=O) groups is 1. The van der Waals surface area contributed by atoms with Crippen LogP contribution in [0.15, 0.2) is 30.3 Å². The summed E-state index contributed by atoms with van der Waals surface area (Å²) in [6, 6.07) is 7.91. The second-order valence-electron chi connectivity index (χ2n) is 6.01. The predicted molar refractivity (Wildman–Crippen MR) is 84.3 cm³/mol. The highest BCUT2D eigenvalue weighted by Gasteiger charge is 2.31. The molecule has 120 valence electrons. The molecule has 23 heavy (non-hydrogen) atoms. The summed E-state index contributed by atoms with van der Waals surface area (Å²) in [7, 11) is 0. The minimum atomic E-state index is -0.673. The summed E-state index contributed by atoms with van der Waals surface area (Å²) in [6.07, 6.45) is 2.05. The molecule has 0 spiro atoms. The highest BCUT2D eigenvalue weighted by molar-refractivity contribution is 5.80. The van der Waals surface area contributed by atoms with Gasteiger partial charge < -0.3 is 4.74 Å². The first-order valence-corrected chi connectivity index (χ1v) is 7.80. The first kappa shape index (κ1) is 15.7. The molecule has 1 aliphatic heterocycles. The van der Waals surface area contributed by atoms with Crippen molar-refractivity contribution in [2.75, 3.05) is 0 Å². The maximum Gasteiger partial charge on any atom is 0.314 e. The van der Waals surface area contributed by atoms with E-state index in [0.717, 1.165) is 12.0 Å². The van der Waals surface area contributed by atoms with E-state index in [0.29, 0.717) is 18.4 Å². The SMILES string of the molecule is CCCC1Cc2ccc(-c3ccc(C)cc3F)c(F)c2OC1=O. The van der Waals surface area contributed by atoms with Crippen LogP contribution in [0.1, 0.15) is 30.9 Å². The zero-order valence-corrected chi connectivity index (χ0v) is 13.2. The summed E-state index contributed by atoms with van der Waals surface area (Å²) in [6.45, 7) is 3.76. The van der Waals surface area contributed by atoms with Crippen molar-refractivity contribution in [3.05, 3.63) is 53.1 Å². The highest BCUT2D eigenvalue weighted by Crippen LogP contribution is 2.38. The Balaban J connectivity index is 2.04. The van der Waals surface area contributed by atoms with Gasteiger partial charge in [0.15, 0.2) is 11.6 Å². The van der Waals surface area contributed by atoms with Crippen molar-refractivity contribution in [3.8, 4) is 16.9 Å². The van der Waals surface area contributed by atoms with Gasteiger partial charge in [0.05, 0.1) is 5.92 Å². The quantitative estimate of drug-likeness (QED) is 0.599. The van der Waals surface area contributed by atoms with E-state index in [9.17, 15) is 13.6 Å². The van der Waals surface area contributed by atoms with E-state index in [1.54, 1.807) is 31.2 Å². The number of ether oxygens (including phenoxy) is 1. The molecule has 0 bridgehead atoms. The fraction of sp³-hybridized carbons (Fsp3) is 0.316. The van der Waals surface area contributed by atoms with Crippen molar-refractivity contribution in [3.63, 3.8) is 0 Å². The molecular weight excluding hydrogens is 298 g/mol. The second kappa shape index (κ2) is 6.11. The third kappa shape index (κ3) is 2.85. The van der Waals surface area contributed by atoms with Crippen LogP contribution in [0, 0.1) is 24.5 Å². The zero-order chi connectivity index (χ0) is 16.6. The van der Waals surface area contributed by atoms with Gasteiger partial charge in [-0.1, -0.05) is 37.6 Å². The molecule has 1 aliphatic rings. The van der Waals surface area contributed by atoms with E-state index in [-0.39, 0.29) is 22.8 Å². The Morgan fingerprint density at radius 1 is 1.17 bits per heavy atom. The van der Waals surface area contributed by atoms with Gasteiger partial charge in [0.2, 0.25) is 0 Å². The summed E-state index contributed by atoms with van der Waals surface area (Å²) in [5.74, 6) is -1.85. The number of hydrogen-bond donors (Lipinski definition) is 0. The van der Waals surface area contributed by atoms with Gasteiger partial charge in [0, 0.05) is 11.1 Å². The molecule has 1 unspecified atom stereocenters. The van der Waals surface area contributed by atoms with Gasteiger partial charge in [0.1, 0.15) is 5.82 Å². The Hall–Kier alpha value is -2.23. The molecule has 0 N–H and O–H groups in total. The zero-order valence-electron chi connectivity index (χ0n) is 13.2. The molecule has 0 aliphatic carbocycles. The molecule has 0 fully saturated rings. The van der Waals surface area contributed by atoms with Gasteiger partial charge in [-0.25, -0.2) is 8.78 Å². The fourth-order valence-corrected chi connectivity index (χ4v) is 3.01. The van der Waals surface area contributed by atoms with Gasteiger partial charge in [-0.3, -0.25) is 4.79 Å². The smallest absolute Gasteiger partial charge is 0.314 e. The van der Waals surface area contributed by atoms with Crippen LogP contribution >= 0.6 is 0 Å². The lowest BCUT2D eigenvalue weighted by molar-refractivity contribution is -0.140. The maximum absolute atomic E-state index is 14.8. The summed E-state index contributed by atoms with van der Waals surface area (Å²) < 4.78 is 34.1. The van der Waals surface area contributed by atoms with Gasteiger partial charge in [-0.2, -0.15) is 0 Å². The van der Waals surface area contributed by atoms with E-state index in [1.165, 1.54) is 6.07 Å². The summed E-state index contributed by atoms with van der Waals surface area (Å²) in [5.41, 5.74) is 1.71. The molecule has 0 radical (unpaired) electrons. The molecule has 0 saturated heterocycles. The highest BCUT2D eigenvalue weighted by atomic mass is 19.1. The molecule has 3 rings (SSSR count). The Labute approximate surface area is 134 Å². The number of aryl methyl sites for hydroxylation is 1. The minimum absolute atomic E-state index is 0.0557. The Kier molecular flexibility index (Phi) is 4.16. The predicted octanol–water partition coefficient (Wildman–Crippen LogP) is 4.82. The van der Waals surface area contributed by atoms with Crippen molar-refractivity contribution in [2.24, 2.45) is 5.92 Å². The van der Waals surface area contributed by atoms with E-state index in [2.05, 4.69) is 0 Å². The normalized spacial score (nSPS) is 16.9. The average molecular weight is 316 g/mol. The number of rotatable bonds is 3. The summed E-state index contributed by atoms with van der Waals surface area (Å²) in [4.78, 5) is 12.0. The van der Waals surface area contributed by atoms with E-state index in [4.69, 9.17) is 4.74 Å².